The Morgan fingerprint density at radius 2 is 1.93 bits per heavy atom. The molecule has 1 aliphatic rings. The molecule has 8 nitrogen and oxygen atoms in total. The minimum atomic E-state index is -4.21. The Balaban J connectivity index is 1.57. The van der Waals surface area contributed by atoms with E-state index >= 15 is 8.78 Å². The Labute approximate surface area is 250 Å². The fourth-order valence-electron chi connectivity index (χ4n) is 5.81. The summed E-state index contributed by atoms with van der Waals surface area (Å²) in [5.41, 5.74) is 3.13. The fraction of sp³-hybridized carbons (Fsp3) is 0.406. The molecule has 2 aromatic heterocycles. The lowest BCUT2D eigenvalue weighted by molar-refractivity contribution is -0.111. The van der Waals surface area contributed by atoms with Gasteiger partial charge in [0.2, 0.25) is 0 Å². The van der Waals surface area contributed by atoms with Crippen LogP contribution < -0.4 is 4.72 Å². The Hall–Kier alpha value is -3.86. The van der Waals surface area contributed by atoms with Crippen molar-refractivity contribution >= 4 is 22.1 Å². The molecule has 2 atom stereocenters. The first-order chi connectivity index (χ1) is 20.5. The summed E-state index contributed by atoms with van der Waals surface area (Å²) in [6, 6.07) is 10.9. The summed E-state index contributed by atoms with van der Waals surface area (Å²) < 4.78 is 67.8. The van der Waals surface area contributed by atoms with Crippen LogP contribution in [-0.2, 0) is 33.7 Å². The van der Waals surface area contributed by atoms with Gasteiger partial charge in [0, 0.05) is 47.2 Å². The Bertz CT molecular complexity index is 1750. The van der Waals surface area contributed by atoms with Gasteiger partial charge in [0.1, 0.15) is 12.0 Å². The second-order valence-corrected chi connectivity index (χ2v) is 13.0. The van der Waals surface area contributed by atoms with Crippen LogP contribution in [0.25, 0.3) is 11.1 Å². The van der Waals surface area contributed by atoms with E-state index in [1.165, 1.54) is 25.1 Å². The quantitative estimate of drug-likeness (QED) is 0.151. The van der Waals surface area contributed by atoms with Gasteiger partial charge in [-0.1, -0.05) is 55.8 Å². The Kier molecular flexibility index (Phi) is 8.56. The molecular formula is C32H36F2N4O4S. The number of aromatic nitrogens is 3. The van der Waals surface area contributed by atoms with Crippen LogP contribution in [0.5, 0.6) is 0 Å². The third-order valence-electron chi connectivity index (χ3n) is 8.47. The van der Waals surface area contributed by atoms with Crippen molar-refractivity contribution in [3.63, 3.8) is 0 Å². The lowest BCUT2D eigenvalue weighted by atomic mass is 9.88. The van der Waals surface area contributed by atoms with Crippen molar-refractivity contribution in [3.05, 3.63) is 82.6 Å². The average Bonchev–Trinajstić information content (AvgIpc) is 3.44. The lowest BCUT2D eigenvalue weighted by Gasteiger charge is -2.23. The van der Waals surface area contributed by atoms with Crippen LogP contribution >= 0.6 is 0 Å². The number of halogens is 2. The number of nitrogens with one attached hydrogen (secondary N) is 1. The van der Waals surface area contributed by atoms with E-state index in [4.69, 9.17) is 4.52 Å². The first kappa shape index (κ1) is 30.6. The maximum absolute atomic E-state index is 15.6. The van der Waals surface area contributed by atoms with Crippen LogP contribution in [0.4, 0.5) is 14.6 Å². The lowest BCUT2D eigenvalue weighted by Crippen LogP contribution is -2.18. The number of fused-ring (bicyclic) bond motifs is 1. The van der Waals surface area contributed by atoms with E-state index in [0.29, 0.717) is 23.4 Å². The number of aryl methyl sites for hydroxylation is 2. The Morgan fingerprint density at radius 3 is 2.63 bits per heavy atom. The predicted molar refractivity (Wildman–Crippen MR) is 160 cm³/mol. The van der Waals surface area contributed by atoms with E-state index in [2.05, 4.69) is 14.9 Å². The molecule has 43 heavy (non-hydrogen) atoms. The molecule has 0 saturated heterocycles. The monoisotopic (exact) mass is 610 g/mol. The number of hydrogen-bond donors (Lipinski definition) is 1. The van der Waals surface area contributed by atoms with Crippen LogP contribution in [-0.4, -0.2) is 29.4 Å². The molecule has 0 amide bonds. The van der Waals surface area contributed by atoms with Crippen molar-refractivity contribution in [3.8, 4) is 11.1 Å². The molecule has 0 saturated carbocycles. The van der Waals surface area contributed by atoms with Gasteiger partial charge < -0.3 is 13.9 Å². The smallest absolute Gasteiger partial charge is 0.273 e. The summed E-state index contributed by atoms with van der Waals surface area (Å²) in [5.74, 6) is -2.89. The summed E-state index contributed by atoms with van der Waals surface area (Å²) in [6.45, 7) is 6.94. The highest BCUT2D eigenvalue weighted by molar-refractivity contribution is 7.92. The zero-order chi connectivity index (χ0) is 30.9. The highest BCUT2D eigenvalue weighted by Crippen LogP contribution is 2.42. The van der Waals surface area contributed by atoms with Gasteiger partial charge in [0.05, 0.1) is 16.9 Å². The predicted octanol–water partition coefficient (Wildman–Crippen LogP) is 7.15. The van der Waals surface area contributed by atoms with Gasteiger partial charge in [-0.15, -0.1) is 0 Å². The molecule has 0 aliphatic heterocycles. The van der Waals surface area contributed by atoms with Crippen molar-refractivity contribution in [2.24, 2.45) is 5.92 Å². The topological polar surface area (TPSA) is 107 Å². The Morgan fingerprint density at radius 1 is 1.16 bits per heavy atom. The first-order valence-electron chi connectivity index (χ1n) is 14.5. The number of aldehydes is 1. The van der Waals surface area contributed by atoms with Gasteiger partial charge in [-0.25, -0.2) is 22.2 Å². The number of imidazole rings is 1. The molecule has 2 unspecified atom stereocenters. The highest BCUT2D eigenvalue weighted by Gasteiger charge is 2.34. The number of hydrogen-bond acceptors (Lipinski definition) is 6. The molecule has 5 rings (SSSR count). The molecule has 11 heteroatoms. The van der Waals surface area contributed by atoms with Gasteiger partial charge in [0.15, 0.2) is 5.82 Å². The van der Waals surface area contributed by atoms with Crippen molar-refractivity contribution < 1.29 is 26.5 Å². The summed E-state index contributed by atoms with van der Waals surface area (Å²) in [5, 5.41) is 3.79. The van der Waals surface area contributed by atoms with Crippen LogP contribution in [0.2, 0.25) is 0 Å². The minimum absolute atomic E-state index is 0.00931. The van der Waals surface area contributed by atoms with E-state index < -0.39 is 22.4 Å². The van der Waals surface area contributed by atoms with Crippen LogP contribution in [0.1, 0.15) is 79.3 Å². The van der Waals surface area contributed by atoms with Crippen molar-refractivity contribution in [1.82, 2.24) is 14.7 Å². The van der Waals surface area contributed by atoms with Gasteiger partial charge in [-0.05, 0) is 56.4 Å². The van der Waals surface area contributed by atoms with Crippen molar-refractivity contribution in [1.29, 1.82) is 0 Å². The normalized spacial score (nSPS) is 16.4. The molecule has 2 aromatic carbocycles. The first-order valence-corrected chi connectivity index (χ1v) is 16.0. The van der Waals surface area contributed by atoms with E-state index in [9.17, 15) is 13.2 Å². The molecule has 4 aromatic rings. The summed E-state index contributed by atoms with van der Waals surface area (Å²) in [6.07, 6.45) is 5.89. The standard InChI is InChI=1S/C32H36F2N4O4S/c1-5-32(33,34)27-16-23(17-38-19-35-28-12-8-6-10-24(30(28)38)20(2)18-39)14-15-25(27)26-11-7-9-13-29(26)43(40,41)37-31-21(3)22(4)42-36-31/h7,9,11,13-16,18-20,24H,5-6,8,10,12,17H2,1-4H3,(H,36,37). The average molecular weight is 611 g/mol. The van der Waals surface area contributed by atoms with E-state index in [-0.39, 0.29) is 39.2 Å². The van der Waals surface area contributed by atoms with Crippen LogP contribution in [0.15, 0.2) is 58.2 Å². The number of nitrogens with zero attached hydrogens (tertiary/aromatic N) is 3. The number of carbonyl (C=O) groups excluding carboxylic acids is 1. The third kappa shape index (κ3) is 6.00. The molecule has 0 fully saturated rings. The molecule has 1 N–H and O–H groups in total. The van der Waals surface area contributed by atoms with E-state index in [1.54, 1.807) is 44.4 Å². The fourth-order valence-corrected chi connectivity index (χ4v) is 7.09. The second-order valence-electron chi connectivity index (χ2n) is 11.3. The summed E-state index contributed by atoms with van der Waals surface area (Å²) >= 11 is 0. The minimum Gasteiger partial charge on any atom is -0.359 e. The molecule has 1 aliphatic carbocycles. The molecule has 228 valence electrons. The van der Waals surface area contributed by atoms with Gasteiger partial charge in [0.25, 0.3) is 15.9 Å². The SMILES string of the molecule is CCC(F)(F)c1cc(Cn2cnc3c2C(C(C)C=O)CCCC3)ccc1-c1ccccc1S(=O)(=O)Nc1noc(C)c1C. The zero-order valence-corrected chi connectivity index (χ0v) is 25.5. The van der Waals surface area contributed by atoms with Gasteiger partial charge >= 0.3 is 0 Å². The molecule has 2 heterocycles. The van der Waals surface area contributed by atoms with Crippen LogP contribution in [0, 0.1) is 19.8 Å². The molecular weight excluding hydrogens is 574 g/mol. The van der Waals surface area contributed by atoms with Gasteiger partial charge in [-0.2, -0.15) is 0 Å². The molecule has 0 spiro atoms. The largest absolute Gasteiger partial charge is 0.359 e. The number of benzene rings is 2. The molecule has 0 radical (unpaired) electrons. The third-order valence-corrected chi connectivity index (χ3v) is 9.86. The molecule has 0 bridgehead atoms. The van der Waals surface area contributed by atoms with E-state index in [0.717, 1.165) is 43.4 Å². The maximum Gasteiger partial charge on any atom is 0.273 e. The van der Waals surface area contributed by atoms with Crippen molar-refractivity contribution in [2.45, 2.75) is 83.1 Å². The number of alkyl halides is 2. The second kappa shape index (κ2) is 12.0. The summed E-state index contributed by atoms with van der Waals surface area (Å²) in [4.78, 5) is 16.2. The van der Waals surface area contributed by atoms with Crippen LogP contribution in [0.3, 0.4) is 0 Å². The number of sulfonamides is 1. The van der Waals surface area contributed by atoms with Gasteiger partial charge in [-0.3, -0.25) is 4.72 Å². The number of carbonyl (C=O) groups is 1. The van der Waals surface area contributed by atoms with Crippen molar-refractivity contribution in [2.75, 3.05) is 4.72 Å². The number of anilines is 1. The maximum atomic E-state index is 15.6. The number of rotatable bonds is 10. The summed E-state index contributed by atoms with van der Waals surface area (Å²) in [7, 11) is -4.21. The van der Waals surface area contributed by atoms with E-state index in [1.807, 2.05) is 11.5 Å². The highest BCUT2D eigenvalue weighted by atomic mass is 32.2. The zero-order valence-electron chi connectivity index (χ0n) is 24.7.